The van der Waals surface area contributed by atoms with E-state index in [1.165, 1.54) is 6.07 Å². The van der Waals surface area contributed by atoms with E-state index < -0.39 is 9.06 Å². The lowest BCUT2D eigenvalue weighted by Gasteiger charge is -2.13. The first-order valence-electron chi connectivity index (χ1n) is 3.04. The first-order valence-corrected chi connectivity index (χ1v) is 5.34. The second-order valence-corrected chi connectivity index (χ2v) is 6.49. The number of halogens is 6. The van der Waals surface area contributed by atoms with Crippen LogP contribution in [0.2, 0.25) is 10.0 Å². The maximum absolute atomic E-state index is 13.0. The van der Waals surface area contributed by atoms with Crippen molar-refractivity contribution in [3.8, 4) is 0 Å². The second kappa shape index (κ2) is 4.11. The number of hydrogen-bond donors (Lipinski definition) is 0. The fourth-order valence-corrected chi connectivity index (χ4v) is 2.12. The number of rotatable bonds is 1. The Morgan fingerprint density at radius 1 is 1.15 bits per heavy atom. The largest absolute Gasteiger partial charge is 0.205 e. The van der Waals surface area contributed by atoms with Crippen LogP contribution in [0.1, 0.15) is 5.56 Å². The van der Waals surface area contributed by atoms with Gasteiger partial charge in [-0.25, -0.2) is 4.39 Å². The molecule has 0 bridgehead atoms. The molecular formula is C7H2BrCl4F. The average Bonchev–Trinajstić information content (AvgIpc) is 1.94. The predicted molar refractivity (Wildman–Crippen MR) is 58.7 cm³/mol. The Kier molecular flexibility index (Phi) is 3.75. The van der Waals surface area contributed by atoms with E-state index in [1.807, 2.05) is 0 Å². The standard InChI is InChI=1S/C7H2BrCl4F/c8-7(11,12)3-1-6(13)5(10)2-4(3)9/h1-2H. The molecule has 13 heavy (non-hydrogen) atoms. The van der Waals surface area contributed by atoms with Gasteiger partial charge in [-0.1, -0.05) is 46.4 Å². The van der Waals surface area contributed by atoms with Crippen LogP contribution >= 0.6 is 62.3 Å². The Labute approximate surface area is 103 Å². The van der Waals surface area contributed by atoms with Crippen molar-refractivity contribution in [1.29, 1.82) is 0 Å². The van der Waals surface area contributed by atoms with Crippen LogP contribution in [0.3, 0.4) is 0 Å². The highest BCUT2D eigenvalue weighted by Gasteiger charge is 2.26. The maximum atomic E-state index is 13.0. The van der Waals surface area contributed by atoms with Crippen molar-refractivity contribution >= 4 is 62.3 Å². The first-order chi connectivity index (χ1) is 5.82. The van der Waals surface area contributed by atoms with E-state index in [0.717, 1.165) is 6.07 Å². The Hall–Kier alpha value is 0.790. The molecule has 0 saturated heterocycles. The third-order valence-electron chi connectivity index (χ3n) is 1.32. The van der Waals surface area contributed by atoms with Gasteiger partial charge in [0.2, 0.25) is 0 Å². The monoisotopic (exact) mass is 324 g/mol. The normalized spacial score (nSPS) is 11.8. The van der Waals surface area contributed by atoms with Gasteiger partial charge < -0.3 is 0 Å². The highest BCUT2D eigenvalue weighted by Crippen LogP contribution is 2.44. The molecule has 6 heteroatoms. The number of alkyl halides is 3. The average molecular weight is 327 g/mol. The Morgan fingerprint density at radius 3 is 2.15 bits per heavy atom. The highest BCUT2D eigenvalue weighted by atomic mass is 79.9. The topological polar surface area (TPSA) is 0 Å². The smallest absolute Gasteiger partial charge is 0.198 e. The van der Waals surface area contributed by atoms with Gasteiger partial charge in [-0.15, -0.1) is 0 Å². The fourth-order valence-electron chi connectivity index (χ4n) is 0.740. The van der Waals surface area contributed by atoms with E-state index in [9.17, 15) is 4.39 Å². The molecule has 0 N–H and O–H groups in total. The summed E-state index contributed by atoms with van der Waals surface area (Å²) in [6.07, 6.45) is 0. The first kappa shape index (κ1) is 11.9. The quantitative estimate of drug-likeness (QED) is 0.496. The van der Waals surface area contributed by atoms with Crippen molar-refractivity contribution < 1.29 is 4.39 Å². The van der Waals surface area contributed by atoms with E-state index in [-0.39, 0.29) is 15.6 Å². The zero-order valence-electron chi connectivity index (χ0n) is 5.92. The van der Waals surface area contributed by atoms with Gasteiger partial charge in [0, 0.05) is 10.6 Å². The van der Waals surface area contributed by atoms with E-state index in [0.29, 0.717) is 0 Å². The van der Waals surface area contributed by atoms with E-state index in [2.05, 4.69) is 15.9 Å². The minimum atomic E-state index is -1.41. The molecule has 0 aliphatic carbocycles. The van der Waals surface area contributed by atoms with Gasteiger partial charge in [0.25, 0.3) is 0 Å². The van der Waals surface area contributed by atoms with Crippen molar-refractivity contribution in [3.63, 3.8) is 0 Å². The lowest BCUT2D eigenvalue weighted by atomic mass is 10.2. The number of hydrogen-bond acceptors (Lipinski definition) is 0. The van der Waals surface area contributed by atoms with Crippen LogP contribution < -0.4 is 0 Å². The van der Waals surface area contributed by atoms with Crippen molar-refractivity contribution in [1.82, 2.24) is 0 Å². The van der Waals surface area contributed by atoms with Gasteiger partial charge in [-0.2, -0.15) is 0 Å². The zero-order chi connectivity index (χ0) is 10.2. The summed E-state index contributed by atoms with van der Waals surface area (Å²) < 4.78 is 11.6. The molecule has 0 fully saturated rings. The van der Waals surface area contributed by atoms with Crippen molar-refractivity contribution in [3.05, 3.63) is 33.6 Å². The Morgan fingerprint density at radius 2 is 1.69 bits per heavy atom. The molecule has 0 saturated carbocycles. The molecule has 0 amide bonds. The molecule has 0 unspecified atom stereocenters. The SMILES string of the molecule is Fc1cc(C(Cl)(Cl)Br)c(Cl)cc1Cl. The van der Waals surface area contributed by atoms with Crippen molar-refractivity contribution in [2.75, 3.05) is 0 Å². The molecule has 0 aliphatic rings. The molecule has 0 radical (unpaired) electrons. The zero-order valence-corrected chi connectivity index (χ0v) is 10.5. The lowest BCUT2D eigenvalue weighted by molar-refractivity contribution is 0.626. The van der Waals surface area contributed by atoms with Crippen LogP contribution in [0.25, 0.3) is 0 Å². The van der Waals surface area contributed by atoms with Gasteiger partial charge in [0.15, 0.2) is 3.24 Å². The van der Waals surface area contributed by atoms with Crippen molar-refractivity contribution in [2.24, 2.45) is 0 Å². The maximum Gasteiger partial charge on any atom is 0.198 e. The molecule has 0 nitrogen and oxygen atoms in total. The van der Waals surface area contributed by atoms with Crippen LogP contribution in [0.4, 0.5) is 4.39 Å². The van der Waals surface area contributed by atoms with Crippen LogP contribution in [0.15, 0.2) is 12.1 Å². The minimum absolute atomic E-state index is 0.0705. The van der Waals surface area contributed by atoms with E-state index in [4.69, 9.17) is 46.4 Å². The van der Waals surface area contributed by atoms with Gasteiger partial charge in [0.05, 0.1) is 5.02 Å². The third kappa shape index (κ3) is 2.87. The summed E-state index contributed by atoms with van der Waals surface area (Å²) >= 11 is 25.5. The summed E-state index contributed by atoms with van der Waals surface area (Å²) in [6, 6.07) is 2.33. The summed E-state index contributed by atoms with van der Waals surface area (Å²) in [4.78, 5) is 0. The summed E-state index contributed by atoms with van der Waals surface area (Å²) in [6.45, 7) is 0. The second-order valence-electron chi connectivity index (χ2n) is 2.24. The minimum Gasteiger partial charge on any atom is -0.205 e. The molecule has 1 aromatic rings. The van der Waals surface area contributed by atoms with E-state index in [1.54, 1.807) is 0 Å². The van der Waals surface area contributed by atoms with Crippen LogP contribution in [-0.2, 0) is 3.24 Å². The summed E-state index contributed by atoms with van der Waals surface area (Å²) in [5.74, 6) is -0.619. The van der Waals surface area contributed by atoms with Crippen LogP contribution in [0, 0.1) is 5.82 Å². The Balaban J connectivity index is 3.32. The van der Waals surface area contributed by atoms with Crippen LogP contribution in [0.5, 0.6) is 0 Å². The molecule has 1 rings (SSSR count). The molecule has 0 aliphatic heterocycles. The van der Waals surface area contributed by atoms with Gasteiger partial charge >= 0.3 is 0 Å². The third-order valence-corrected chi connectivity index (χ3v) is 2.75. The predicted octanol–water partition coefficient (Wildman–Crippen LogP) is 5.12. The van der Waals surface area contributed by atoms with Gasteiger partial charge in [-0.3, -0.25) is 0 Å². The molecule has 1 aromatic carbocycles. The highest BCUT2D eigenvalue weighted by molar-refractivity contribution is 9.10. The molecular weight excluding hydrogens is 325 g/mol. The molecule has 0 aromatic heterocycles. The number of benzene rings is 1. The summed E-state index contributed by atoms with van der Waals surface area (Å²) in [5.41, 5.74) is 0.222. The molecule has 0 atom stereocenters. The fraction of sp³-hybridized carbons (Fsp3) is 0.143. The van der Waals surface area contributed by atoms with E-state index >= 15 is 0 Å². The molecule has 72 valence electrons. The Bertz CT molecular complexity index is 334. The molecule has 0 heterocycles. The van der Waals surface area contributed by atoms with Gasteiger partial charge in [0.1, 0.15) is 5.82 Å². The summed E-state index contributed by atoms with van der Waals surface area (Å²) in [7, 11) is 0. The van der Waals surface area contributed by atoms with Gasteiger partial charge in [-0.05, 0) is 28.1 Å². The van der Waals surface area contributed by atoms with Crippen molar-refractivity contribution in [2.45, 2.75) is 3.24 Å². The molecule has 0 spiro atoms. The lowest BCUT2D eigenvalue weighted by Crippen LogP contribution is -2.01. The van der Waals surface area contributed by atoms with Crippen LogP contribution in [-0.4, -0.2) is 0 Å². The summed E-state index contributed by atoms with van der Waals surface area (Å²) in [5, 5.41) is 0.132.